The number of aliphatic carboxylic acids is 2. The Hall–Kier alpha value is -2.11. The fraction of sp³-hybridized carbons (Fsp3) is 0.816. The fourth-order valence-corrected chi connectivity index (χ4v) is 13.2. The lowest BCUT2D eigenvalue weighted by atomic mass is 9.33. The Morgan fingerprint density at radius 2 is 1.52 bits per heavy atom. The minimum Gasteiger partial charge on any atom is -0.481 e. The van der Waals surface area contributed by atoms with Crippen LogP contribution in [0.15, 0.2) is 24.3 Å². The third-order valence-electron chi connectivity index (χ3n) is 15.5. The van der Waals surface area contributed by atoms with Gasteiger partial charge in [-0.05, 0) is 129 Å². The largest absolute Gasteiger partial charge is 0.481 e. The van der Waals surface area contributed by atoms with Crippen molar-refractivity contribution in [2.75, 3.05) is 0 Å². The Morgan fingerprint density at radius 1 is 0.818 bits per heavy atom. The van der Waals surface area contributed by atoms with Crippen LogP contribution in [0.5, 0.6) is 0 Å². The van der Waals surface area contributed by atoms with Crippen molar-refractivity contribution in [1.82, 2.24) is 0 Å². The van der Waals surface area contributed by atoms with Gasteiger partial charge in [0.25, 0.3) is 0 Å². The highest BCUT2D eigenvalue weighted by Gasteiger charge is 2.70. The Labute approximate surface area is 264 Å². The summed E-state index contributed by atoms with van der Waals surface area (Å²) in [6.45, 7) is 18.9. The predicted octanol–water partition coefficient (Wildman–Crippen LogP) is 8.16. The molecule has 0 aliphatic heterocycles. The fourth-order valence-electron chi connectivity index (χ4n) is 13.2. The monoisotopic (exact) mass is 608 g/mol. The van der Waals surface area contributed by atoms with E-state index in [1.165, 1.54) is 24.8 Å². The standard InChI is InChI=1S/C38H56O6/c1-21(2)25-20-26(33(41)42)24-13-17-37(6)27(31(24)25)11-12-29-36(5)16-15-30(35(3,4)28(36)14-18-38(29,37)7)44-34(43)23-10-8-9-22(19-23)32(39)40/h8-9,22-31H,1,10-20H2,2-7H3,(H,39,40)(H,41,42)/t22?,23?,24?,25-,26+,27+,28-,29+,30-,31+,36-,37+,38+/m0/s1. The van der Waals surface area contributed by atoms with Crippen LogP contribution >= 0.6 is 0 Å². The number of allylic oxidation sites excluding steroid dienone is 2. The van der Waals surface area contributed by atoms with Crippen LogP contribution in [0.25, 0.3) is 0 Å². The van der Waals surface area contributed by atoms with Gasteiger partial charge in [0.15, 0.2) is 0 Å². The van der Waals surface area contributed by atoms with Crippen LogP contribution in [-0.2, 0) is 19.1 Å². The molecule has 5 saturated carbocycles. The summed E-state index contributed by atoms with van der Waals surface area (Å²) in [5.41, 5.74) is 1.52. The third kappa shape index (κ3) is 4.49. The van der Waals surface area contributed by atoms with Crippen LogP contribution in [0.2, 0.25) is 0 Å². The second-order valence-electron chi connectivity index (χ2n) is 17.4. The van der Waals surface area contributed by atoms with E-state index in [0.29, 0.717) is 42.4 Å². The molecule has 0 amide bonds. The summed E-state index contributed by atoms with van der Waals surface area (Å²) in [5, 5.41) is 19.6. The lowest BCUT2D eigenvalue weighted by Crippen LogP contribution is -2.66. The molecular weight excluding hydrogens is 552 g/mol. The highest BCUT2D eigenvalue weighted by atomic mass is 16.5. The molecule has 3 unspecified atom stereocenters. The van der Waals surface area contributed by atoms with E-state index in [-0.39, 0.29) is 51.5 Å². The zero-order valence-corrected chi connectivity index (χ0v) is 27.9. The molecule has 44 heavy (non-hydrogen) atoms. The minimum atomic E-state index is -0.876. The van der Waals surface area contributed by atoms with E-state index < -0.39 is 17.9 Å². The molecule has 0 aromatic rings. The molecule has 244 valence electrons. The zero-order valence-electron chi connectivity index (χ0n) is 27.9. The Bertz CT molecular complexity index is 1250. The second kappa shape index (κ2) is 10.7. The Kier molecular flexibility index (Phi) is 7.76. The molecule has 6 aliphatic carbocycles. The normalized spacial score (nSPS) is 49.0. The molecule has 13 atom stereocenters. The lowest BCUT2D eigenvalue weighted by Gasteiger charge is -2.72. The molecule has 0 spiro atoms. The van der Waals surface area contributed by atoms with Crippen LogP contribution in [0, 0.1) is 74.9 Å². The van der Waals surface area contributed by atoms with E-state index in [4.69, 9.17) is 4.74 Å². The van der Waals surface area contributed by atoms with Crippen molar-refractivity contribution in [3.8, 4) is 0 Å². The molecule has 6 nitrogen and oxygen atoms in total. The minimum absolute atomic E-state index is 0.152. The topological polar surface area (TPSA) is 101 Å². The molecule has 0 saturated heterocycles. The smallest absolute Gasteiger partial charge is 0.310 e. The van der Waals surface area contributed by atoms with Gasteiger partial charge in [-0.15, -0.1) is 0 Å². The number of fused-ring (bicyclic) bond motifs is 7. The zero-order chi connectivity index (χ0) is 32.0. The first-order valence-corrected chi connectivity index (χ1v) is 17.5. The Balaban J connectivity index is 1.23. The number of ether oxygens (including phenoxy) is 1. The molecule has 5 fully saturated rings. The van der Waals surface area contributed by atoms with Crippen molar-refractivity contribution >= 4 is 17.9 Å². The van der Waals surface area contributed by atoms with Gasteiger partial charge in [0, 0.05) is 5.41 Å². The molecule has 0 aromatic heterocycles. The molecule has 6 aliphatic rings. The first-order valence-electron chi connectivity index (χ1n) is 17.5. The molecule has 0 radical (unpaired) electrons. The molecular formula is C38H56O6. The van der Waals surface area contributed by atoms with Gasteiger partial charge >= 0.3 is 17.9 Å². The SMILES string of the molecule is C=C(C)[C@@H]1C[C@@H](C(=O)O)C2CC[C@]3(C)[C@H](CC[C@@H]4[C@@]5(C)CC[C@H](OC(=O)C6CC=CC(C(=O)O)C6)C(C)(C)[C@@H]5CC[C@]43C)[C@H]21. The third-order valence-corrected chi connectivity index (χ3v) is 15.5. The molecule has 0 aromatic carbocycles. The number of carbonyl (C=O) groups is 3. The van der Waals surface area contributed by atoms with E-state index in [9.17, 15) is 24.6 Å². The molecule has 0 bridgehead atoms. The summed E-state index contributed by atoms with van der Waals surface area (Å²) >= 11 is 0. The molecule has 0 heterocycles. The van der Waals surface area contributed by atoms with Crippen LogP contribution in [0.3, 0.4) is 0 Å². The van der Waals surface area contributed by atoms with Crippen LogP contribution in [0.4, 0.5) is 0 Å². The Morgan fingerprint density at radius 3 is 2.18 bits per heavy atom. The van der Waals surface area contributed by atoms with Crippen molar-refractivity contribution < 1.29 is 29.3 Å². The molecule has 6 rings (SSSR count). The maximum atomic E-state index is 13.4. The van der Waals surface area contributed by atoms with Gasteiger partial charge in [-0.2, -0.15) is 0 Å². The highest BCUT2D eigenvalue weighted by molar-refractivity contribution is 5.77. The van der Waals surface area contributed by atoms with Crippen molar-refractivity contribution in [2.24, 2.45) is 74.9 Å². The summed E-state index contributed by atoms with van der Waals surface area (Å²) in [4.78, 5) is 37.3. The quantitative estimate of drug-likeness (QED) is 0.241. The second-order valence-corrected chi connectivity index (χ2v) is 17.4. The van der Waals surface area contributed by atoms with Crippen LogP contribution in [0.1, 0.15) is 112 Å². The molecule has 2 N–H and O–H groups in total. The molecule has 6 heteroatoms. The number of carboxylic acid groups (broad SMARTS) is 2. The predicted molar refractivity (Wildman–Crippen MR) is 169 cm³/mol. The highest BCUT2D eigenvalue weighted by Crippen LogP contribution is 2.76. The van der Waals surface area contributed by atoms with Gasteiger partial charge in [0.1, 0.15) is 6.10 Å². The summed E-state index contributed by atoms with van der Waals surface area (Å²) in [6.07, 6.45) is 13.7. The van der Waals surface area contributed by atoms with Gasteiger partial charge < -0.3 is 14.9 Å². The average Bonchev–Trinajstić information content (AvgIpc) is 3.35. The van der Waals surface area contributed by atoms with Crippen LogP contribution in [-0.4, -0.2) is 34.2 Å². The van der Waals surface area contributed by atoms with Gasteiger partial charge in [-0.25, -0.2) is 0 Å². The first-order chi connectivity index (χ1) is 20.6. The first kappa shape index (κ1) is 31.9. The summed E-state index contributed by atoms with van der Waals surface area (Å²) in [6, 6.07) is 0. The summed E-state index contributed by atoms with van der Waals surface area (Å²) < 4.78 is 6.32. The van der Waals surface area contributed by atoms with E-state index in [2.05, 4.69) is 48.1 Å². The maximum absolute atomic E-state index is 13.4. The number of carboxylic acids is 2. The number of hydrogen-bond acceptors (Lipinski definition) is 4. The van der Waals surface area contributed by atoms with Crippen LogP contribution < -0.4 is 0 Å². The van der Waals surface area contributed by atoms with Gasteiger partial charge in [-0.1, -0.05) is 58.9 Å². The van der Waals surface area contributed by atoms with Gasteiger partial charge in [-0.3, -0.25) is 14.4 Å². The van der Waals surface area contributed by atoms with E-state index in [1.807, 2.05) is 6.08 Å². The number of carbonyl (C=O) groups excluding carboxylic acids is 1. The van der Waals surface area contributed by atoms with Crippen molar-refractivity contribution in [2.45, 2.75) is 118 Å². The lowest BCUT2D eigenvalue weighted by molar-refractivity contribution is -0.245. The van der Waals surface area contributed by atoms with E-state index in [0.717, 1.165) is 38.5 Å². The van der Waals surface area contributed by atoms with E-state index in [1.54, 1.807) is 6.08 Å². The number of hydrogen-bond donors (Lipinski definition) is 2. The summed E-state index contributed by atoms with van der Waals surface area (Å²) in [7, 11) is 0. The average molecular weight is 609 g/mol. The van der Waals surface area contributed by atoms with Gasteiger partial charge in [0.2, 0.25) is 0 Å². The van der Waals surface area contributed by atoms with Gasteiger partial charge in [0.05, 0.1) is 17.8 Å². The number of rotatable bonds is 5. The van der Waals surface area contributed by atoms with Crippen molar-refractivity contribution in [1.29, 1.82) is 0 Å². The summed E-state index contributed by atoms with van der Waals surface area (Å²) in [5.74, 6) is -0.360. The van der Waals surface area contributed by atoms with Crippen molar-refractivity contribution in [3.63, 3.8) is 0 Å². The maximum Gasteiger partial charge on any atom is 0.310 e. The number of esters is 1. The van der Waals surface area contributed by atoms with Crippen molar-refractivity contribution in [3.05, 3.63) is 24.3 Å². The van der Waals surface area contributed by atoms with E-state index >= 15 is 0 Å².